The topological polar surface area (TPSA) is 12.0 Å². The first-order valence-corrected chi connectivity index (χ1v) is 5.90. The molecule has 2 heterocycles. The van der Waals surface area contributed by atoms with Gasteiger partial charge in [-0.05, 0) is 31.2 Å². The molecule has 0 aliphatic carbocycles. The van der Waals surface area contributed by atoms with Crippen molar-refractivity contribution in [3.8, 4) is 0 Å². The van der Waals surface area contributed by atoms with E-state index >= 15 is 0 Å². The summed E-state index contributed by atoms with van der Waals surface area (Å²) in [6.07, 6.45) is 7.56. The van der Waals surface area contributed by atoms with Crippen molar-refractivity contribution in [3.05, 3.63) is 47.5 Å². The van der Waals surface area contributed by atoms with Crippen LogP contribution in [0.15, 0.2) is 42.0 Å². The molecular formula is C14H17N. The predicted octanol–water partition coefficient (Wildman–Crippen LogP) is 2.68. The van der Waals surface area contributed by atoms with E-state index in [4.69, 9.17) is 0 Å². The SMILES string of the molecule is C1=C(Cc2ccccc2)C[C@H]2CC[C@@H]1N2. The highest BCUT2D eigenvalue weighted by atomic mass is 15.0. The van der Waals surface area contributed by atoms with Crippen molar-refractivity contribution < 1.29 is 0 Å². The molecule has 2 aliphatic rings. The summed E-state index contributed by atoms with van der Waals surface area (Å²) in [6.45, 7) is 0. The summed E-state index contributed by atoms with van der Waals surface area (Å²) < 4.78 is 0. The van der Waals surface area contributed by atoms with E-state index in [9.17, 15) is 0 Å². The summed E-state index contributed by atoms with van der Waals surface area (Å²) in [5.41, 5.74) is 3.08. The van der Waals surface area contributed by atoms with E-state index in [-0.39, 0.29) is 0 Å². The average molecular weight is 199 g/mol. The van der Waals surface area contributed by atoms with Gasteiger partial charge >= 0.3 is 0 Å². The van der Waals surface area contributed by atoms with Gasteiger partial charge in [0.25, 0.3) is 0 Å². The molecule has 1 saturated heterocycles. The zero-order valence-corrected chi connectivity index (χ0v) is 8.95. The molecule has 78 valence electrons. The monoisotopic (exact) mass is 199 g/mol. The summed E-state index contributed by atoms with van der Waals surface area (Å²) in [4.78, 5) is 0. The highest BCUT2D eigenvalue weighted by molar-refractivity contribution is 5.26. The third-order valence-electron chi connectivity index (χ3n) is 3.50. The Labute approximate surface area is 91.2 Å². The van der Waals surface area contributed by atoms with Crippen molar-refractivity contribution in [2.24, 2.45) is 0 Å². The van der Waals surface area contributed by atoms with Gasteiger partial charge in [0.15, 0.2) is 0 Å². The molecule has 0 amide bonds. The van der Waals surface area contributed by atoms with Crippen molar-refractivity contribution in [2.45, 2.75) is 37.8 Å². The first kappa shape index (κ1) is 9.17. The minimum absolute atomic E-state index is 0.669. The number of fused-ring (bicyclic) bond motifs is 2. The fourth-order valence-electron chi connectivity index (χ4n) is 2.80. The van der Waals surface area contributed by atoms with Gasteiger partial charge in [-0.25, -0.2) is 0 Å². The number of benzene rings is 1. The molecule has 1 heteroatoms. The second-order valence-electron chi connectivity index (χ2n) is 4.74. The molecule has 0 unspecified atom stereocenters. The molecule has 1 fully saturated rings. The van der Waals surface area contributed by atoms with Crippen LogP contribution in [-0.2, 0) is 6.42 Å². The smallest absolute Gasteiger partial charge is 0.0256 e. The summed E-state index contributed by atoms with van der Waals surface area (Å²) in [5.74, 6) is 0. The molecule has 1 aromatic rings. The lowest BCUT2D eigenvalue weighted by molar-refractivity contribution is 0.543. The van der Waals surface area contributed by atoms with Gasteiger partial charge < -0.3 is 5.32 Å². The molecule has 3 rings (SSSR count). The van der Waals surface area contributed by atoms with Crippen LogP contribution in [0.4, 0.5) is 0 Å². The van der Waals surface area contributed by atoms with E-state index in [0.717, 1.165) is 12.5 Å². The molecule has 2 aliphatic heterocycles. The number of rotatable bonds is 2. The van der Waals surface area contributed by atoms with Gasteiger partial charge in [0.05, 0.1) is 0 Å². The van der Waals surface area contributed by atoms with Gasteiger partial charge in [-0.1, -0.05) is 42.0 Å². The van der Waals surface area contributed by atoms with E-state index in [2.05, 4.69) is 41.7 Å². The maximum atomic E-state index is 3.63. The maximum absolute atomic E-state index is 3.63. The highest BCUT2D eigenvalue weighted by Gasteiger charge is 2.27. The zero-order valence-electron chi connectivity index (χ0n) is 8.95. The van der Waals surface area contributed by atoms with Crippen LogP contribution >= 0.6 is 0 Å². The van der Waals surface area contributed by atoms with Crippen LogP contribution in [0.1, 0.15) is 24.8 Å². The maximum Gasteiger partial charge on any atom is 0.0256 e. The largest absolute Gasteiger partial charge is 0.307 e. The molecule has 0 spiro atoms. The summed E-state index contributed by atoms with van der Waals surface area (Å²) in [5, 5.41) is 3.63. The summed E-state index contributed by atoms with van der Waals surface area (Å²) in [6, 6.07) is 12.2. The third kappa shape index (κ3) is 1.98. The van der Waals surface area contributed by atoms with E-state index in [1.807, 2.05) is 0 Å². The Morgan fingerprint density at radius 1 is 1.13 bits per heavy atom. The van der Waals surface area contributed by atoms with Crippen LogP contribution in [0.2, 0.25) is 0 Å². The normalized spacial score (nSPS) is 28.9. The van der Waals surface area contributed by atoms with Crippen LogP contribution in [-0.4, -0.2) is 12.1 Å². The van der Waals surface area contributed by atoms with Crippen molar-refractivity contribution in [3.63, 3.8) is 0 Å². The lowest BCUT2D eigenvalue weighted by Gasteiger charge is -2.21. The lowest BCUT2D eigenvalue weighted by Crippen LogP contribution is -2.32. The minimum Gasteiger partial charge on any atom is -0.307 e. The lowest BCUT2D eigenvalue weighted by atomic mass is 9.97. The predicted molar refractivity (Wildman–Crippen MR) is 62.8 cm³/mol. The van der Waals surface area contributed by atoms with Crippen LogP contribution in [0, 0.1) is 0 Å². The quantitative estimate of drug-likeness (QED) is 0.722. The Hall–Kier alpha value is -1.08. The summed E-state index contributed by atoms with van der Waals surface area (Å²) >= 11 is 0. The van der Waals surface area contributed by atoms with E-state index in [0.29, 0.717) is 6.04 Å². The van der Waals surface area contributed by atoms with E-state index < -0.39 is 0 Å². The number of nitrogens with one attached hydrogen (secondary N) is 1. The third-order valence-corrected chi connectivity index (χ3v) is 3.50. The molecular weight excluding hydrogens is 182 g/mol. The van der Waals surface area contributed by atoms with Gasteiger partial charge in [-0.3, -0.25) is 0 Å². The number of hydrogen-bond acceptors (Lipinski definition) is 1. The van der Waals surface area contributed by atoms with Gasteiger partial charge in [0, 0.05) is 12.1 Å². The second-order valence-corrected chi connectivity index (χ2v) is 4.74. The Balaban J connectivity index is 1.74. The molecule has 0 radical (unpaired) electrons. The van der Waals surface area contributed by atoms with E-state index in [1.165, 1.54) is 24.8 Å². The van der Waals surface area contributed by atoms with Gasteiger partial charge in [-0.15, -0.1) is 0 Å². The Morgan fingerprint density at radius 2 is 2.00 bits per heavy atom. The molecule has 0 saturated carbocycles. The van der Waals surface area contributed by atoms with Crippen molar-refractivity contribution in [2.75, 3.05) is 0 Å². The Bertz CT molecular complexity index is 366. The average Bonchev–Trinajstić information content (AvgIpc) is 2.60. The molecule has 0 aromatic heterocycles. The first-order valence-electron chi connectivity index (χ1n) is 5.90. The zero-order chi connectivity index (χ0) is 10.1. The Kier molecular flexibility index (Phi) is 2.34. The van der Waals surface area contributed by atoms with Crippen LogP contribution in [0.5, 0.6) is 0 Å². The van der Waals surface area contributed by atoms with Crippen LogP contribution in [0.25, 0.3) is 0 Å². The molecule has 2 bridgehead atoms. The fraction of sp³-hybridized carbons (Fsp3) is 0.429. The van der Waals surface area contributed by atoms with Crippen molar-refractivity contribution in [1.82, 2.24) is 5.32 Å². The molecule has 1 N–H and O–H groups in total. The van der Waals surface area contributed by atoms with Crippen molar-refractivity contribution in [1.29, 1.82) is 0 Å². The molecule has 2 atom stereocenters. The highest BCUT2D eigenvalue weighted by Crippen LogP contribution is 2.27. The molecule has 1 aromatic carbocycles. The molecule has 15 heavy (non-hydrogen) atoms. The van der Waals surface area contributed by atoms with Gasteiger partial charge in [0.1, 0.15) is 0 Å². The Morgan fingerprint density at radius 3 is 2.80 bits per heavy atom. The van der Waals surface area contributed by atoms with Crippen LogP contribution in [0.3, 0.4) is 0 Å². The first-order chi connectivity index (χ1) is 7.40. The summed E-state index contributed by atoms with van der Waals surface area (Å²) in [7, 11) is 0. The van der Waals surface area contributed by atoms with Crippen molar-refractivity contribution >= 4 is 0 Å². The van der Waals surface area contributed by atoms with Crippen LogP contribution < -0.4 is 5.32 Å². The standard InChI is InChI=1S/C14H17N/c1-2-4-11(5-3-1)8-12-9-13-6-7-14(10-12)15-13/h1-5,9,13-15H,6-8,10H2/t13-,14+/m0/s1. The number of hydrogen-bond donors (Lipinski definition) is 1. The van der Waals surface area contributed by atoms with E-state index in [1.54, 1.807) is 5.57 Å². The molecule has 1 nitrogen and oxygen atoms in total. The van der Waals surface area contributed by atoms with Gasteiger partial charge in [0.2, 0.25) is 0 Å². The fourth-order valence-corrected chi connectivity index (χ4v) is 2.80. The minimum atomic E-state index is 0.669. The van der Waals surface area contributed by atoms with Gasteiger partial charge in [-0.2, -0.15) is 0 Å². The second kappa shape index (κ2) is 3.82.